The van der Waals surface area contributed by atoms with Gasteiger partial charge in [-0.05, 0) is 18.9 Å². The van der Waals surface area contributed by atoms with Crippen molar-refractivity contribution in [3.05, 3.63) is 23.8 Å². The molecule has 1 fully saturated rings. The first-order valence-electron chi connectivity index (χ1n) is 5.84. The van der Waals surface area contributed by atoms with Gasteiger partial charge in [-0.1, -0.05) is 0 Å². The summed E-state index contributed by atoms with van der Waals surface area (Å²) in [5.74, 6) is -1.64. The largest absolute Gasteiger partial charge is 0.395 e. The molecule has 1 heterocycles. The predicted octanol–water partition coefficient (Wildman–Crippen LogP) is 1.58. The van der Waals surface area contributed by atoms with Gasteiger partial charge in [0, 0.05) is 19.2 Å². The number of carbonyl (C=O) groups is 1. The van der Waals surface area contributed by atoms with Crippen LogP contribution in [0.15, 0.2) is 12.1 Å². The zero-order valence-electron chi connectivity index (χ0n) is 9.88. The number of halogens is 2. The van der Waals surface area contributed by atoms with Crippen LogP contribution in [0.5, 0.6) is 0 Å². The topological polar surface area (TPSA) is 58.4 Å². The third-order valence-corrected chi connectivity index (χ3v) is 2.98. The Balaban J connectivity index is 1.99. The van der Waals surface area contributed by atoms with E-state index in [2.05, 4.69) is 5.32 Å². The van der Waals surface area contributed by atoms with Crippen molar-refractivity contribution in [2.75, 3.05) is 30.7 Å². The highest BCUT2D eigenvalue weighted by Gasteiger charge is 2.18. The maximum atomic E-state index is 13.2. The van der Waals surface area contributed by atoms with Crippen LogP contribution in [0.25, 0.3) is 0 Å². The monoisotopic (exact) mass is 255 g/mol. The summed E-state index contributed by atoms with van der Waals surface area (Å²) in [6.45, 7) is 1.48. The number of benzene rings is 1. The third-order valence-electron chi connectivity index (χ3n) is 2.98. The second kappa shape index (κ2) is 5.20. The molecule has 0 unspecified atom stereocenters. The highest BCUT2D eigenvalue weighted by atomic mass is 19.1. The van der Waals surface area contributed by atoms with Crippen LogP contribution < -0.4 is 11.1 Å². The fraction of sp³-hybridized carbons (Fsp3) is 0.417. The fourth-order valence-corrected chi connectivity index (χ4v) is 1.98. The summed E-state index contributed by atoms with van der Waals surface area (Å²) in [4.78, 5) is 13.5. The molecule has 6 heteroatoms. The number of nitrogens with one attached hydrogen (secondary N) is 1. The highest BCUT2D eigenvalue weighted by Crippen LogP contribution is 2.23. The van der Waals surface area contributed by atoms with E-state index >= 15 is 0 Å². The summed E-state index contributed by atoms with van der Waals surface area (Å²) in [7, 11) is 0. The molecule has 3 N–H and O–H groups in total. The van der Waals surface area contributed by atoms with Gasteiger partial charge in [-0.25, -0.2) is 8.78 Å². The van der Waals surface area contributed by atoms with Crippen molar-refractivity contribution >= 4 is 17.3 Å². The fourth-order valence-electron chi connectivity index (χ4n) is 1.98. The Morgan fingerprint density at radius 2 is 2.00 bits per heavy atom. The average Bonchev–Trinajstić information content (AvgIpc) is 2.85. The van der Waals surface area contributed by atoms with Crippen LogP contribution in [0.3, 0.4) is 0 Å². The SMILES string of the molecule is Nc1c(F)cc(F)cc1NCC(=O)N1CCCC1. The van der Waals surface area contributed by atoms with E-state index in [1.54, 1.807) is 4.90 Å². The Morgan fingerprint density at radius 1 is 1.33 bits per heavy atom. The van der Waals surface area contributed by atoms with E-state index in [-0.39, 0.29) is 23.8 Å². The normalized spacial score (nSPS) is 14.9. The van der Waals surface area contributed by atoms with Crippen LogP contribution in [0.4, 0.5) is 20.2 Å². The smallest absolute Gasteiger partial charge is 0.241 e. The Bertz CT molecular complexity index is 459. The molecule has 1 aromatic carbocycles. The van der Waals surface area contributed by atoms with Crippen molar-refractivity contribution in [2.45, 2.75) is 12.8 Å². The van der Waals surface area contributed by atoms with Gasteiger partial charge in [0.25, 0.3) is 0 Å². The molecule has 18 heavy (non-hydrogen) atoms. The number of nitrogens with two attached hydrogens (primary N) is 1. The molecule has 0 spiro atoms. The number of amides is 1. The molecule has 98 valence electrons. The molecule has 0 aromatic heterocycles. The number of rotatable bonds is 3. The molecule has 0 aliphatic carbocycles. The Morgan fingerprint density at radius 3 is 2.67 bits per heavy atom. The van der Waals surface area contributed by atoms with E-state index in [1.807, 2.05) is 0 Å². The first-order chi connectivity index (χ1) is 8.58. The van der Waals surface area contributed by atoms with Crippen LogP contribution in [0, 0.1) is 11.6 Å². The number of likely N-dealkylation sites (tertiary alicyclic amines) is 1. The van der Waals surface area contributed by atoms with Gasteiger partial charge >= 0.3 is 0 Å². The third kappa shape index (κ3) is 2.69. The van der Waals surface area contributed by atoms with Crippen molar-refractivity contribution in [1.82, 2.24) is 4.90 Å². The van der Waals surface area contributed by atoms with Crippen molar-refractivity contribution in [3.63, 3.8) is 0 Å². The lowest BCUT2D eigenvalue weighted by atomic mass is 10.2. The number of hydrogen-bond donors (Lipinski definition) is 2. The summed E-state index contributed by atoms with van der Waals surface area (Å²) in [6, 6.07) is 1.79. The Labute approximate surface area is 104 Å². The molecular weight excluding hydrogens is 240 g/mol. The first-order valence-corrected chi connectivity index (χ1v) is 5.84. The molecule has 0 atom stereocenters. The highest BCUT2D eigenvalue weighted by molar-refractivity contribution is 5.82. The van der Waals surface area contributed by atoms with Gasteiger partial charge in [0.2, 0.25) is 5.91 Å². The number of nitrogens with zero attached hydrogens (tertiary/aromatic N) is 1. The maximum Gasteiger partial charge on any atom is 0.241 e. The van der Waals surface area contributed by atoms with Crippen LogP contribution in [0.2, 0.25) is 0 Å². The molecule has 0 radical (unpaired) electrons. The minimum absolute atomic E-state index is 0.00685. The van der Waals surface area contributed by atoms with Crippen LogP contribution in [0.1, 0.15) is 12.8 Å². The Hall–Kier alpha value is -1.85. The first kappa shape index (κ1) is 12.6. The molecule has 1 amide bonds. The summed E-state index contributed by atoms with van der Waals surface area (Å²) >= 11 is 0. The Kier molecular flexibility index (Phi) is 3.64. The number of carbonyl (C=O) groups excluding carboxylic acids is 1. The summed E-state index contributed by atoms with van der Waals surface area (Å²) in [5.41, 5.74) is 5.40. The van der Waals surface area contributed by atoms with Crippen LogP contribution in [-0.4, -0.2) is 30.4 Å². The molecule has 1 aliphatic heterocycles. The average molecular weight is 255 g/mol. The quantitative estimate of drug-likeness (QED) is 0.806. The van der Waals surface area contributed by atoms with Gasteiger partial charge in [0.1, 0.15) is 5.82 Å². The van der Waals surface area contributed by atoms with Gasteiger partial charge < -0.3 is 16.0 Å². The summed E-state index contributed by atoms with van der Waals surface area (Å²) in [6.07, 6.45) is 2.00. The zero-order valence-corrected chi connectivity index (χ0v) is 9.88. The zero-order chi connectivity index (χ0) is 13.1. The van der Waals surface area contributed by atoms with E-state index in [1.165, 1.54) is 0 Å². The van der Waals surface area contributed by atoms with Crippen molar-refractivity contribution < 1.29 is 13.6 Å². The summed E-state index contributed by atoms with van der Waals surface area (Å²) in [5, 5.41) is 2.68. The maximum absolute atomic E-state index is 13.2. The number of hydrogen-bond acceptors (Lipinski definition) is 3. The van der Waals surface area contributed by atoms with Gasteiger partial charge in [-0.3, -0.25) is 4.79 Å². The van der Waals surface area contributed by atoms with Crippen molar-refractivity contribution in [3.8, 4) is 0 Å². The number of anilines is 2. The molecular formula is C12H15F2N3O. The minimum Gasteiger partial charge on any atom is -0.395 e. The second-order valence-corrected chi connectivity index (χ2v) is 4.29. The van der Waals surface area contributed by atoms with Gasteiger partial charge in [-0.15, -0.1) is 0 Å². The van der Waals surface area contributed by atoms with Crippen LogP contribution >= 0.6 is 0 Å². The van der Waals surface area contributed by atoms with E-state index < -0.39 is 11.6 Å². The van der Waals surface area contributed by atoms with Crippen molar-refractivity contribution in [1.29, 1.82) is 0 Å². The van der Waals surface area contributed by atoms with Gasteiger partial charge in [-0.2, -0.15) is 0 Å². The lowest BCUT2D eigenvalue weighted by Gasteiger charge is -2.16. The van der Waals surface area contributed by atoms with E-state index in [0.29, 0.717) is 6.07 Å². The summed E-state index contributed by atoms with van der Waals surface area (Å²) < 4.78 is 26.2. The van der Waals surface area contributed by atoms with Crippen LogP contribution in [-0.2, 0) is 4.79 Å². The molecule has 4 nitrogen and oxygen atoms in total. The van der Waals surface area contributed by atoms with Gasteiger partial charge in [0.05, 0.1) is 17.9 Å². The lowest BCUT2D eigenvalue weighted by molar-refractivity contribution is -0.128. The standard InChI is InChI=1S/C12H15F2N3O/c13-8-5-9(14)12(15)10(6-8)16-7-11(18)17-3-1-2-4-17/h5-6,16H,1-4,7,15H2. The molecule has 1 saturated heterocycles. The van der Waals surface area contributed by atoms with E-state index in [9.17, 15) is 13.6 Å². The second-order valence-electron chi connectivity index (χ2n) is 4.29. The van der Waals surface area contributed by atoms with Crippen molar-refractivity contribution in [2.24, 2.45) is 0 Å². The number of nitrogen functional groups attached to an aromatic ring is 1. The molecule has 0 saturated carbocycles. The molecule has 2 rings (SSSR count). The molecule has 1 aliphatic rings. The van der Waals surface area contributed by atoms with Gasteiger partial charge in [0.15, 0.2) is 5.82 Å². The van der Waals surface area contributed by atoms with E-state index in [4.69, 9.17) is 5.73 Å². The molecule has 1 aromatic rings. The molecule has 0 bridgehead atoms. The lowest BCUT2D eigenvalue weighted by Crippen LogP contribution is -2.33. The van der Waals surface area contributed by atoms with E-state index in [0.717, 1.165) is 32.0 Å². The minimum atomic E-state index is -0.828. The predicted molar refractivity (Wildman–Crippen MR) is 65.1 cm³/mol.